The van der Waals surface area contributed by atoms with Crippen LogP contribution in [-0.2, 0) is 16.0 Å². The summed E-state index contributed by atoms with van der Waals surface area (Å²) in [5.74, 6) is 0.332. The molecule has 0 saturated carbocycles. The fraction of sp³-hybridized carbons (Fsp3) is 0.111. The van der Waals surface area contributed by atoms with E-state index in [0.717, 1.165) is 39.1 Å². The number of ketones is 2. The van der Waals surface area contributed by atoms with Crippen LogP contribution in [0.3, 0.4) is 0 Å². The van der Waals surface area contributed by atoms with Gasteiger partial charge in [0.15, 0.2) is 11.6 Å². The van der Waals surface area contributed by atoms with Gasteiger partial charge in [-0.15, -0.1) is 0 Å². The second-order valence-electron chi connectivity index (χ2n) is 7.35. The standard InChI is InChI=1S/C27H22O3/c1-18-8-12-21-17-25(29)27(26(23(21)16-18)20-6-4-3-5-7-20)24(28)15-11-19-9-13-22(30-2)14-10-19/h3-16H,17H2,1-2H3. The van der Waals surface area contributed by atoms with Crippen molar-refractivity contribution >= 4 is 23.2 Å². The summed E-state index contributed by atoms with van der Waals surface area (Å²) in [6.45, 7) is 2.02. The molecule has 3 aromatic carbocycles. The number of rotatable bonds is 5. The maximum Gasteiger partial charge on any atom is 0.190 e. The lowest BCUT2D eigenvalue weighted by atomic mass is 9.79. The first-order valence-electron chi connectivity index (χ1n) is 9.86. The number of hydrogen-bond donors (Lipinski definition) is 0. The second kappa shape index (κ2) is 8.34. The molecule has 0 aliphatic heterocycles. The van der Waals surface area contributed by atoms with E-state index in [9.17, 15) is 9.59 Å². The number of fused-ring (bicyclic) bond motifs is 1. The number of carbonyl (C=O) groups is 2. The topological polar surface area (TPSA) is 43.4 Å². The third-order valence-electron chi connectivity index (χ3n) is 5.27. The molecule has 0 saturated heterocycles. The van der Waals surface area contributed by atoms with Crippen molar-refractivity contribution in [1.82, 2.24) is 0 Å². The molecular formula is C27H22O3. The number of allylic oxidation sites excluding steroid dienone is 2. The van der Waals surface area contributed by atoms with Gasteiger partial charge in [0.2, 0.25) is 0 Å². The number of hydrogen-bond acceptors (Lipinski definition) is 3. The Balaban J connectivity index is 1.81. The van der Waals surface area contributed by atoms with Gasteiger partial charge in [0.1, 0.15) is 5.75 Å². The van der Waals surface area contributed by atoms with Crippen LogP contribution >= 0.6 is 0 Å². The number of aryl methyl sites for hydroxylation is 1. The Bertz CT molecular complexity index is 1170. The van der Waals surface area contributed by atoms with Crippen LogP contribution in [0, 0.1) is 6.92 Å². The van der Waals surface area contributed by atoms with Crippen LogP contribution in [-0.4, -0.2) is 18.7 Å². The van der Waals surface area contributed by atoms with Crippen molar-refractivity contribution in [2.24, 2.45) is 0 Å². The zero-order valence-electron chi connectivity index (χ0n) is 17.0. The highest BCUT2D eigenvalue weighted by Crippen LogP contribution is 2.35. The third-order valence-corrected chi connectivity index (χ3v) is 5.27. The van der Waals surface area contributed by atoms with Gasteiger partial charge in [-0.05, 0) is 47.4 Å². The SMILES string of the molecule is COc1ccc(C=CC(=O)C2=C(c3ccccc3)c3cc(C)ccc3CC2=O)cc1. The maximum atomic E-state index is 13.2. The van der Waals surface area contributed by atoms with Crippen molar-refractivity contribution in [3.05, 3.63) is 112 Å². The molecule has 0 fully saturated rings. The Morgan fingerprint density at radius 1 is 0.967 bits per heavy atom. The van der Waals surface area contributed by atoms with Crippen molar-refractivity contribution in [2.45, 2.75) is 13.3 Å². The summed E-state index contributed by atoms with van der Waals surface area (Å²) in [4.78, 5) is 26.2. The summed E-state index contributed by atoms with van der Waals surface area (Å²) in [6.07, 6.45) is 3.46. The summed E-state index contributed by atoms with van der Waals surface area (Å²) >= 11 is 0. The molecule has 0 atom stereocenters. The van der Waals surface area contributed by atoms with Gasteiger partial charge in [-0.25, -0.2) is 0 Å². The molecule has 3 aromatic rings. The smallest absolute Gasteiger partial charge is 0.190 e. The van der Waals surface area contributed by atoms with Crippen molar-refractivity contribution < 1.29 is 14.3 Å². The Labute approximate surface area is 176 Å². The number of ether oxygens (including phenoxy) is 1. The van der Waals surface area contributed by atoms with E-state index < -0.39 is 0 Å². The van der Waals surface area contributed by atoms with Gasteiger partial charge < -0.3 is 4.74 Å². The van der Waals surface area contributed by atoms with Gasteiger partial charge >= 0.3 is 0 Å². The molecule has 0 bridgehead atoms. The van der Waals surface area contributed by atoms with Gasteiger partial charge in [0.25, 0.3) is 0 Å². The van der Waals surface area contributed by atoms with Gasteiger partial charge in [-0.1, -0.05) is 72.3 Å². The highest BCUT2D eigenvalue weighted by molar-refractivity contribution is 6.32. The van der Waals surface area contributed by atoms with Gasteiger partial charge in [0, 0.05) is 12.0 Å². The molecule has 0 unspecified atom stereocenters. The third kappa shape index (κ3) is 3.87. The minimum Gasteiger partial charge on any atom is -0.497 e. The summed E-state index contributed by atoms with van der Waals surface area (Å²) < 4.78 is 5.17. The summed E-state index contributed by atoms with van der Waals surface area (Å²) in [5, 5.41) is 0. The highest BCUT2D eigenvalue weighted by atomic mass is 16.5. The first-order valence-corrected chi connectivity index (χ1v) is 9.86. The van der Waals surface area contributed by atoms with Gasteiger partial charge in [0.05, 0.1) is 12.7 Å². The molecule has 0 heterocycles. The van der Waals surface area contributed by atoms with Crippen LogP contribution in [0.1, 0.15) is 27.8 Å². The zero-order chi connectivity index (χ0) is 21.1. The molecule has 148 valence electrons. The number of carbonyl (C=O) groups excluding carboxylic acids is 2. The van der Waals surface area contributed by atoms with Crippen molar-refractivity contribution in [2.75, 3.05) is 7.11 Å². The molecule has 0 N–H and O–H groups in total. The average Bonchev–Trinajstić information content (AvgIpc) is 2.78. The highest BCUT2D eigenvalue weighted by Gasteiger charge is 2.29. The van der Waals surface area contributed by atoms with Crippen LogP contribution in [0.4, 0.5) is 0 Å². The average molecular weight is 394 g/mol. The lowest BCUT2D eigenvalue weighted by Crippen LogP contribution is -2.21. The summed E-state index contributed by atoms with van der Waals surface area (Å²) in [6, 6.07) is 23.1. The number of methoxy groups -OCH3 is 1. The molecule has 0 radical (unpaired) electrons. The Morgan fingerprint density at radius 2 is 1.70 bits per heavy atom. The molecule has 3 heteroatoms. The molecule has 1 aliphatic rings. The van der Waals surface area contributed by atoms with Crippen LogP contribution in [0.5, 0.6) is 5.75 Å². The first kappa shape index (κ1) is 19.6. The van der Waals surface area contributed by atoms with E-state index >= 15 is 0 Å². The number of Topliss-reactive ketones (excluding diaryl/α,β-unsaturated/α-hetero) is 1. The minimum atomic E-state index is -0.276. The van der Waals surface area contributed by atoms with E-state index in [2.05, 4.69) is 6.07 Å². The molecule has 1 aliphatic carbocycles. The largest absolute Gasteiger partial charge is 0.497 e. The monoisotopic (exact) mass is 394 g/mol. The van der Waals surface area contributed by atoms with Gasteiger partial charge in [-0.2, -0.15) is 0 Å². The Kier molecular flexibility index (Phi) is 5.44. The van der Waals surface area contributed by atoms with E-state index in [1.807, 2.05) is 73.7 Å². The fourth-order valence-electron chi connectivity index (χ4n) is 3.75. The maximum absolute atomic E-state index is 13.2. The Morgan fingerprint density at radius 3 is 2.40 bits per heavy atom. The molecular weight excluding hydrogens is 372 g/mol. The summed E-state index contributed by atoms with van der Waals surface area (Å²) in [7, 11) is 1.61. The lowest BCUT2D eigenvalue weighted by molar-refractivity contribution is -0.119. The van der Waals surface area contributed by atoms with Crippen LogP contribution in [0.2, 0.25) is 0 Å². The zero-order valence-corrected chi connectivity index (χ0v) is 17.0. The van der Waals surface area contributed by atoms with Crippen molar-refractivity contribution in [3.63, 3.8) is 0 Å². The normalized spacial score (nSPS) is 13.5. The first-order chi connectivity index (χ1) is 14.6. The van der Waals surface area contributed by atoms with Crippen molar-refractivity contribution in [1.29, 1.82) is 0 Å². The summed E-state index contributed by atoms with van der Waals surface area (Å²) in [5.41, 5.74) is 5.72. The number of benzene rings is 3. The quantitative estimate of drug-likeness (QED) is 0.441. The predicted molar refractivity (Wildman–Crippen MR) is 119 cm³/mol. The second-order valence-corrected chi connectivity index (χ2v) is 7.35. The molecule has 30 heavy (non-hydrogen) atoms. The molecule has 3 nitrogen and oxygen atoms in total. The van der Waals surface area contributed by atoms with E-state index in [1.54, 1.807) is 13.2 Å². The van der Waals surface area contributed by atoms with Crippen LogP contribution in [0.25, 0.3) is 11.6 Å². The van der Waals surface area contributed by atoms with E-state index in [-0.39, 0.29) is 23.6 Å². The molecule has 0 amide bonds. The minimum absolute atomic E-state index is 0.144. The van der Waals surface area contributed by atoms with E-state index in [1.165, 1.54) is 6.08 Å². The van der Waals surface area contributed by atoms with Crippen LogP contribution < -0.4 is 4.74 Å². The lowest BCUT2D eigenvalue weighted by Gasteiger charge is -2.22. The molecule has 0 spiro atoms. The van der Waals surface area contributed by atoms with E-state index in [4.69, 9.17) is 4.74 Å². The van der Waals surface area contributed by atoms with Crippen molar-refractivity contribution in [3.8, 4) is 5.75 Å². The Hall–Kier alpha value is -3.72. The molecule has 4 rings (SSSR count). The predicted octanol–water partition coefficient (Wildman–Crippen LogP) is 5.21. The fourth-order valence-corrected chi connectivity index (χ4v) is 3.75. The molecule has 0 aromatic heterocycles. The van der Waals surface area contributed by atoms with Crippen LogP contribution in [0.15, 0.2) is 84.4 Å². The van der Waals surface area contributed by atoms with E-state index in [0.29, 0.717) is 0 Å². The van der Waals surface area contributed by atoms with Gasteiger partial charge in [-0.3, -0.25) is 9.59 Å².